The molecule has 0 spiro atoms. The molecule has 3 N–H and O–H groups in total. The average molecular weight is 263 g/mol. The highest BCUT2D eigenvalue weighted by Crippen LogP contribution is 2.17. The van der Waals surface area contributed by atoms with Crippen LogP contribution in [0.4, 0.5) is 5.69 Å². The fraction of sp³-hybridized carbons (Fsp3) is 0.308. The third-order valence-electron chi connectivity index (χ3n) is 2.65. The Morgan fingerprint density at radius 1 is 1.22 bits per heavy atom. The number of hydrogen-bond donors (Lipinski definition) is 3. The molecule has 0 atom stereocenters. The van der Waals surface area contributed by atoms with Crippen LogP contribution in [0, 0.1) is 0 Å². The Hall–Kier alpha value is -1.62. The monoisotopic (exact) mass is 263 g/mol. The van der Waals surface area contributed by atoms with E-state index in [0.29, 0.717) is 0 Å². The van der Waals surface area contributed by atoms with Gasteiger partial charge in [0.15, 0.2) is 0 Å². The molecule has 18 heavy (non-hydrogen) atoms. The summed E-state index contributed by atoms with van der Waals surface area (Å²) in [4.78, 5) is 11.0. The molecule has 2 aromatic rings. The maximum Gasteiger partial charge on any atom is 0.264 e. The molecule has 5 heteroatoms. The number of benzene rings is 1. The van der Waals surface area contributed by atoms with Crippen molar-refractivity contribution in [1.82, 2.24) is 10.2 Å². The first-order chi connectivity index (χ1) is 8.79. The van der Waals surface area contributed by atoms with Crippen LogP contribution in [0.5, 0.6) is 0 Å². The van der Waals surface area contributed by atoms with E-state index in [1.54, 1.807) is 6.07 Å². The van der Waals surface area contributed by atoms with Crippen molar-refractivity contribution in [1.29, 1.82) is 0 Å². The largest absolute Gasteiger partial charge is 0.385 e. The van der Waals surface area contributed by atoms with Crippen molar-refractivity contribution in [3.05, 3.63) is 40.7 Å². The van der Waals surface area contributed by atoms with Gasteiger partial charge in [0.1, 0.15) is 0 Å². The molecule has 1 aromatic heterocycles. The zero-order valence-corrected chi connectivity index (χ0v) is 11.1. The summed E-state index contributed by atoms with van der Waals surface area (Å²) in [5.74, 6) is 1.18. The number of hydrogen-bond acceptors (Lipinski definition) is 3. The highest BCUT2D eigenvalue weighted by Gasteiger charge is 2.00. The lowest BCUT2D eigenvalue weighted by Gasteiger charge is -2.06. The molecule has 0 radical (unpaired) electrons. The first kappa shape index (κ1) is 12.8. The van der Waals surface area contributed by atoms with Crippen molar-refractivity contribution in [2.75, 3.05) is 23.9 Å². The van der Waals surface area contributed by atoms with Gasteiger partial charge in [-0.3, -0.25) is 15.0 Å². The van der Waals surface area contributed by atoms with Crippen molar-refractivity contribution >= 4 is 17.4 Å². The number of aromatic nitrogens is 2. The van der Waals surface area contributed by atoms with Crippen molar-refractivity contribution in [3.8, 4) is 11.3 Å². The number of nitrogens with one attached hydrogen (secondary N) is 3. The van der Waals surface area contributed by atoms with Gasteiger partial charge < -0.3 is 5.32 Å². The lowest BCUT2D eigenvalue weighted by Crippen LogP contribution is -2.02. The molecule has 0 fully saturated rings. The summed E-state index contributed by atoms with van der Waals surface area (Å²) >= 11 is 1.86. The fourth-order valence-electron chi connectivity index (χ4n) is 1.70. The second kappa shape index (κ2) is 6.35. The van der Waals surface area contributed by atoms with Gasteiger partial charge >= 0.3 is 0 Å². The highest BCUT2D eigenvalue weighted by atomic mass is 32.2. The van der Waals surface area contributed by atoms with Crippen LogP contribution in [0.15, 0.2) is 35.1 Å². The first-order valence-electron chi connectivity index (χ1n) is 5.90. The van der Waals surface area contributed by atoms with E-state index in [2.05, 4.69) is 21.8 Å². The van der Waals surface area contributed by atoms with Crippen LogP contribution < -0.4 is 10.9 Å². The molecular weight excluding hydrogens is 246 g/mol. The number of rotatable bonds is 6. The first-order valence-corrected chi connectivity index (χ1v) is 7.30. The standard InChI is InChI=1S/C13H17N3OS/c1-18-8-2-7-14-11-5-3-10(4-6-11)12-9-13(17)16-15-12/h3-6,9,14H,2,7-8H2,1H3,(H2,15,16,17). The fourth-order valence-corrected chi connectivity index (χ4v) is 2.14. The molecule has 0 unspecified atom stereocenters. The zero-order valence-electron chi connectivity index (χ0n) is 10.3. The lowest BCUT2D eigenvalue weighted by atomic mass is 10.1. The minimum atomic E-state index is -0.107. The highest BCUT2D eigenvalue weighted by molar-refractivity contribution is 7.98. The van der Waals surface area contributed by atoms with Gasteiger partial charge in [-0.05, 0) is 36.1 Å². The van der Waals surface area contributed by atoms with E-state index >= 15 is 0 Å². The Labute approximate surface area is 110 Å². The minimum Gasteiger partial charge on any atom is -0.385 e. The van der Waals surface area contributed by atoms with Crippen LogP contribution in [-0.2, 0) is 0 Å². The average Bonchev–Trinajstić information content (AvgIpc) is 2.82. The second-order valence-electron chi connectivity index (χ2n) is 4.02. The summed E-state index contributed by atoms with van der Waals surface area (Å²) in [6.07, 6.45) is 3.28. The van der Waals surface area contributed by atoms with Crippen LogP contribution in [0.25, 0.3) is 11.3 Å². The SMILES string of the molecule is CSCCCNc1ccc(-c2cc(=O)[nH][nH]2)cc1. The molecule has 0 aliphatic rings. The molecule has 4 nitrogen and oxygen atoms in total. The molecular formula is C13H17N3OS. The van der Waals surface area contributed by atoms with Gasteiger partial charge in [-0.25, -0.2) is 0 Å². The topological polar surface area (TPSA) is 60.7 Å². The molecule has 96 valence electrons. The Kier molecular flexibility index (Phi) is 4.52. The summed E-state index contributed by atoms with van der Waals surface area (Å²) in [6, 6.07) is 9.60. The van der Waals surface area contributed by atoms with Gasteiger partial charge in [-0.1, -0.05) is 12.1 Å². The van der Waals surface area contributed by atoms with E-state index in [1.165, 1.54) is 5.75 Å². The molecule has 0 saturated heterocycles. The van der Waals surface area contributed by atoms with Gasteiger partial charge in [0, 0.05) is 18.3 Å². The second-order valence-corrected chi connectivity index (χ2v) is 5.01. The normalized spacial score (nSPS) is 10.5. The van der Waals surface area contributed by atoms with Crippen LogP contribution in [-0.4, -0.2) is 28.8 Å². The van der Waals surface area contributed by atoms with Crippen LogP contribution >= 0.6 is 11.8 Å². The van der Waals surface area contributed by atoms with Crippen molar-refractivity contribution in [2.45, 2.75) is 6.42 Å². The Morgan fingerprint density at radius 3 is 2.61 bits per heavy atom. The van der Waals surface area contributed by atoms with Gasteiger partial charge in [0.25, 0.3) is 5.56 Å². The minimum absolute atomic E-state index is 0.107. The Balaban J connectivity index is 1.95. The molecule has 1 aromatic carbocycles. The molecule has 0 bridgehead atoms. The molecule has 0 amide bonds. The van der Waals surface area contributed by atoms with Crippen LogP contribution in [0.1, 0.15) is 6.42 Å². The molecule has 0 aliphatic carbocycles. The van der Waals surface area contributed by atoms with E-state index in [0.717, 1.165) is 29.9 Å². The van der Waals surface area contributed by atoms with Crippen molar-refractivity contribution in [3.63, 3.8) is 0 Å². The lowest BCUT2D eigenvalue weighted by molar-refractivity contribution is 0.993. The molecule has 0 aliphatic heterocycles. The summed E-state index contributed by atoms with van der Waals surface area (Å²) < 4.78 is 0. The van der Waals surface area contributed by atoms with Gasteiger partial charge in [0.2, 0.25) is 0 Å². The smallest absolute Gasteiger partial charge is 0.264 e. The predicted octanol–water partition coefficient (Wildman–Crippen LogP) is 2.54. The van der Waals surface area contributed by atoms with Crippen molar-refractivity contribution < 1.29 is 0 Å². The van der Waals surface area contributed by atoms with Gasteiger partial charge in [0.05, 0.1) is 5.69 Å². The Morgan fingerprint density at radius 2 is 2.00 bits per heavy atom. The Bertz CT molecular complexity index is 530. The van der Waals surface area contributed by atoms with E-state index in [1.807, 2.05) is 36.0 Å². The maximum atomic E-state index is 11.0. The van der Waals surface area contributed by atoms with E-state index in [-0.39, 0.29) is 5.56 Å². The van der Waals surface area contributed by atoms with Crippen molar-refractivity contribution in [2.24, 2.45) is 0 Å². The van der Waals surface area contributed by atoms with E-state index in [4.69, 9.17) is 0 Å². The van der Waals surface area contributed by atoms with E-state index in [9.17, 15) is 4.79 Å². The molecule has 1 heterocycles. The summed E-state index contributed by atoms with van der Waals surface area (Å²) in [6.45, 7) is 0.987. The third kappa shape index (κ3) is 3.43. The molecule has 2 rings (SSSR count). The quantitative estimate of drug-likeness (QED) is 0.702. The van der Waals surface area contributed by atoms with Crippen LogP contribution in [0.2, 0.25) is 0 Å². The number of anilines is 1. The molecule has 0 saturated carbocycles. The summed E-state index contributed by atoms with van der Waals surface area (Å²) in [7, 11) is 0. The predicted molar refractivity (Wildman–Crippen MR) is 78.3 cm³/mol. The number of H-pyrrole nitrogens is 2. The number of aromatic amines is 2. The third-order valence-corrected chi connectivity index (χ3v) is 3.34. The zero-order chi connectivity index (χ0) is 12.8. The number of thioether (sulfide) groups is 1. The van der Waals surface area contributed by atoms with Crippen LogP contribution in [0.3, 0.4) is 0 Å². The summed E-state index contributed by atoms with van der Waals surface area (Å²) in [5.41, 5.74) is 2.82. The van der Waals surface area contributed by atoms with E-state index < -0.39 is 0 Å². The van der Waals surface area contributed by atoms with Gasteiger partial charge in [-0.15, -0.1) is 0 Å². The maximum absolute atomic E-state index is 11.0. The summed E-state index contributed by atoms with van der Waals surface area (Å²) in [5, 5.41) is 8.74. The van der Waals surface area contributed by atoms with Gasteiger partial charge in [-0.2, -0.15) is 11.8 Å².